The molecule has 0 saturated carbocycles. The number of benzene rings is 1. The lowest BCUT2D eigenvalue weighted by Gasteiger charge is -2.32. The molecular formula is C33H39FN10O2S. The highest BCUT2D eigenvalue weighted by molar-refractivity contribution is 7.14. The maximum Gasteiger partial charge on any atom is 0.239 e. The van der Waals surface area contributed by atoms with E-state index in [2.05, 4.69) is 24.9 Å². The Morgan fingerprint density at radius 1 is 1.23 bits per heavy atom. The van der Waals surface area contributed by atoms with Gasteiger partial charge in [0, 0.05) is 45.0 Å². The zero-order valence-corrected chi connectivity index (χ0v) is 27.5. The number of carbonyl (C=O) groups excluding carboxylic acids is 2. The van der Waals surface area contributed by atoms with Gasteiger partial charge in [-0.3, -0.25) is 29.8 Å². The van der Waals surface area contributed by atoms with Crippen LogP contribution in [-0.2, 0) is 9.59 Å². The molecule has 0 spiro atoms. The van der Waals surface area contributed by atoms with E-state index in [4.69, 9.17) is 16.9 Å². The summed E-state index contributed by atoms with van der Waals surface area (Å²) < 4.78 is 13.4. The van der Waals surface area contributed by atoms with E-state index >= 15 is 0 Å². The van der Waals surface area contributed by atoms with Crippen LogP contribution in [0.3, 0.4) is 0 Å². The van der Waals surface area contributed by atoms with Gasteiger partial charge in [0.1, 0.15) is 34.5 Å². The number of rotatable bonds is 10. The number of anilines is 2. The van der Waals surface area contributed by atoms with Gasteiger partial charge in [-0.05, 0) is 75.2 Å². The fourth-order valence-corrected chi connectivity index (χ4v) is 6.66. The first-order valence-electron chi connectivity index (χ1n) is 15.5. The quantitative estimate of drug-likeness (QED) is 0.221. The van der Waals surface area contributed by atoms with Crippen LogP contribution in [0.5, 0.6) is 0 Å². The minimum atomic E-state index is -0.403. The second-order valence-corrected chi connectivity index (χ2v) is 12.4. The zero-order valence-electron chi connectivity index (χ0n) is 26.7. The number of aromatic nitrogens is 2. The van der Waals surface area contributed by atoms with E-state index in [-0.39, 0.29) is 35.2 Å². The molecule has 1 fully saturated rings. The van der Waals surface area contributed by atoms with Crippen LogP contribution in [0.2, 0.25) is 0 Å². The summed E-state index contributed by atoms with van der Waals surface area (Å²) in [6.45, 7) is 6.28. The van der Waals surface area contributed by atoms with Crippen molar-refractivity contribution >= 4 is 58.1 Å². The second-order valence-electron chi connectivity index (χ2n) is 11.4. The van der Waals surface area contributed by atoms with E-state index in [0.717, 1.165) is 15.5 Å². The molecule has 2 atom stereocenters. The summed E-state index contributed by atoms with van der Waals surface area (Å²) in [5.74, 6) is -0.0185. The monoisotopic (exact) mass is 658 g/mol. The predicted molar refractivity (Wildman–Crippen MR) is 185 cm³/mol. The van der Waals surface area contributed by atoms with Crippen LogP contribution in [0.25, 0.3) is 5.57 Å². The third-order valence-electron chi connectivity index (χ3n) is 8.48. The summed E-state index contributed by atoms with van der Waals surface area (Å²) in [6, 6.07) is 8.48. The molecule has 0 aliphatic carbocycles. The summed E-state index contributed by atoms with van der Waals surface area (Å²) >= 11 is 1.46. The van der Waals surface area contributed by atoms with Crippen LogP contribution in [-0.4, -0.2) is 95.3 Å². The second kappa shape index (κ2) is 14.7. The van der Waals surface area contributed by atoms with Crippen molar-refractivity contribution in [3.8, 4) is 0 Å². The number of halogens is 1. The van der Waals surface area contributed by atoms with Crippen LogP contribution < -0.4 is 16.4 Å². The van der Waals surface area contributed by atoms with Gasteiger partial charge in [-0.1, -0.05) is 6.08 Å². The SMILES string of the molecule is CCN(C(=O)[C@@H]1CCN(C(C)C(=O)N2CC=C(c3ncc(C(N)=NC=NC)s3)CC2)C1)c1ccc(N)c(C(=N)c2ccc(F)cc2)n1. The summed E-state index contributed by atoms with van der Waals surface area (Å²) in [6.07, 6.45) is 6.44. The Bertz CT molecular complexity index is 1730. The molecule has 2 aromatic heterocycles. The molecule has 5 rings (SSSR count). The van der Waals surface area contributed by atoms with Gasteiger partial charge in [-0.2, -0.15) is 0 Å². The number of carbonyl (C=O) groups is 2. The summed E-state index contributed by atoms with van der Waals surface area (Å²) in [7, 11) is 1.63. The molecule has 3 aromatic rings. The molecule has 2 amide bonds. The molecule has 2 aliphatic rings. The Hall–Kier alpha value is -4.82. The van der Waals surface area contributed by atoms with Crippen molar-refractivity contribution < 1.29 is 14.0 Å². The Morgan fingerprint density at radius 2 is 2.00 bits per heavy atom. The highest BCUT2D eigenvalue weighted by Crippen LogP contribution is 2.29. The zero-order chi connectivity index (χ0) is 33.7. The number of hydrogen-bond acceptors (Lipinski definition) is 9. The molecule has 0 bridgehead atoms. The summed E-state index contributed by atoms with van der Waals surface area (Å²) in [4.78, 5) is 50.6. The normalized spacial score (nSPS) is 18.0. The average Bonchev–Trinajstić information content (AvgIpc) is 3.79. The lowest BCUT2D eigenvalue weighted by molar-refractivity contribution is -0.136. The molecule has 1 saturated heterocycles. The topological polar surface area (TPSA) is 170 Å². The predicted octanol–water partition coefficient (Wildman–Crippen LogP) is 3.42. The van der Waals surface area contributed by atoms with Gasteiger partial charge in [-0.25, -0.2) is 19.4 Å². The van der Waals surface area contributed by atoms with Crippen molar-refractivity contribution in [2.24, 2.45) is 21.6 Å². The fourth-order valence-electron chi connectivity index (χ4n) is 5.76. The van der Waals surface area contributed by atoms with Crippen LogP contribution in [0, 0.1) is 17.1 Å². The number of aliphatic imine (C=N–C) groups is 2. The van der Waals surface area contributed by atoms with Crippen LogP contribution in [0.1, 0.15) is 47.8 Å². The summed E-state index contributed by atoms with van der Waals surface area (Å²) in [5, 5.41) is 9.47. The van der Waals surface area contributed by atoms with Crippen molar-refractivity contribution in [1.82, 2.24) is 19.8 Å². The number of pyridine rings is 1. The minimum absolute atomic E-state index is 0.0277. The summed E-state index contributed by atoms with van der Waals surface area (Å²) in [5.41, 5.74) is 14.3. The lowest BCUT2D eigenvalue weighted by atomic mass is 10.1. The van der Waals surface area contributed by atoms with E-state index in [9.17, 15) is 14.0 Å². The molecular weight excluding hydrogens is 619 g/mol. The molecule has 14 heteroatoms. The van der Waals surface area contributed by atoms with Gasteiger partial charge in [0.25, 0.3) is 0 Å². The van der Waals surface area contributed by atoms with Gasteiger partial charge < -0.3 is 16.4 Å². The van der Waals surface area contributed by atoms with Crippen LogP contribution in [0.15, 0.2) is 58.7 Å². The van der Waals surface area contributed by atoms with Crippen molar-refractivity contribution in [1.29, 1.82) is 5.41 Å². The van der Waals surface area contributed by atoms with Crippen molar-refractivity contribution in [2.75, 3.05) is 50.4 Å². The molecule has 0 radical (unpaired) electrons. The molecule has 5 N–H and O–H groups in total. The number of nitrogens with zero attached hydrogens (tertiary/aromatic N) is 7. The van der Waals surface area contributed by atoms with Crippen LogP contribution in [0.4, 0.5) is 15.9 Å². The average molecular weight is 659 g/mol. The standard InChI is InChI=1S/C33H39FN10O2S/c1-4-44(27-10-9-25(35)29(41-27)28(36)21-5-7-24(34)8-6-21)33(46)23-13-16-43(18-23)20(2)32(45)42-14-11-22(12-15-42)31-39-17-26(47-31)30(37)40-19-38-3/h5-11,17,19-20,23,36H,4,12-16,18,35H2,1-3H3,(H2,37,38,40)/t20?,23-/m1/s1. The first-order chi connectivity index (χ1) is 22.6. The molecule has 1 unspecified atom stereocenters. The number of thiazole rings is 1. The Labute approximate surface area is 277 Å². The van der Waals surface area contributed by atoms with Crippen molar-refractivity contribution in [3.05, 3.63) is 75.6 Å². The van der Waals surface area contributed by atoms with Gasteiger partial charge in [0.2, 0.25) is 11.8 Å². The van der Waals surface area contributed by atoms with E-state index in [1.54, 1.807) is 30.3 Å². The Balaban J connectivity index is 1.20. The number of amidine groups is 1. The highest BCUT2D eigenvalue weighted by Gasteiger charge is 2.37. The Kier molecular flexibility index (Phi) is 10.5. The van der Waals surface area contributed by atoms with E-state index in [0.29, 0.717) is 68.5 Å². The van der Waals surface area contributed by atoms with Crippen LogP contribution >= 0.6 is 11.3 Å². The van der Waals surface area contributed by atoms with E-state index in [1.165, 1.54) is 41.9 Å². The number of amides is 2. The van der Waals surface area contributed by atoms with Gasteiger partial charge >= 0.3 is 0 Å². The number of nitrogens with one attached hydrogen (secondary N) is 1. The van der Waals surface area contributed by atoms with Gasteiger partial charge in [-0.15, -0.1) is 11.3 Å². The van der Waals surface area contributed by atoms with Crippen molar-refractivity contribution in [3.63, 3.8) is 0 Å². The largest absolute Gasteiger partial charge is 0.397 e. The maximum atomic E-state index is 13.8. The van der Waals surface area contributed by atoms with Gasteiger partial charge in [0.05, 0.1) is 28.2 Å². The number of likely N-dealkylation sites (tertiary alicyclic amines) is 1. The molecule has 2 aliphatic heterocycles. The first-order valence-corrected chi connectivity index (χ1v) is 16.3. The molecule has 12 nitrogen and oxygen atoms in total. The van der Waals surface area contributed by atoms with E-state index in [1.807, 2.05) is 24.8 Å². The first kappa shape index (κ1) is 33.5. The number of hydrogen-bond donors (Lipinski definition) is 3. The molecule has 246 valence electrons. The van der Waals surface area contributed by atoms with Gasteiger partial charge in [0.15, 0.2) is 0 Å². The fraction of sp³-hybridized carbons (Fsp3) is 0.364. The molecule has 4 heterocycles. The third-order valence-corrected chi connectivity index (χ3v) is 9.58. The molecule has 47 heavy (non-hydrogen) atoms. The maximum absolute atomic E-state index is 13.8. The van der Waals surface area contributed by atoms with Crippen molar-refractivity contribution in [2.45, 2.75) is 32.7 Å². The lowest BCUT2D eigenvalue weighted by Crippen LogP contribution is -2.48. The number of nitrogens with two attached hydrogens (primary N) is 2. The third kappa shape index (κ3) is 7.44. The smallest absolute Gasteiger partial charge is 0.239 e. The number of nitrogen functional groups attached to an aromatic ring is 1. The Morgan fingerprint density at radius 3 is 2.68 bits per heavy atom. The minimum Gasteiger partial charge on any atom is -0.397 e. The van der Waals surface area contributed by atoms with E-state index < -0.39 is 5.82 Å². The highest BCUT2D eigenvalue weighted by atomic mass is 32.1. The molecule has 1 aromatic carbocycles.